The fraction of sp³-hybridized carbons (Fsp3) is 0.0625. The summed E-state index contributed by atoms with van der Waals surface area (Å²) < 4.78 is 5.13. The Morgan fingerprint density at radius 1 is 0.810 bits per heavy atom. The molecule has 0 atom stereocenters. The summed E-state index contributed by atoms with van der Waals surface area (Å²) in [6.07, 6.45) is 1.48. The van der Waals surface area contributed by atoms with Gasteiger partial charge in [0, 0.05) is 11.1 Å². The number of benzene rings is 2. The highest BCUT2D eigenvalue weighted by atomic mass is 16.5. The lowest BCUT2D eigenvalue weighted by atomic mass is 10.2. The summed E-state index contributed by atoms with van der Waals surface area (Å²) >= 11 is 0. The molecule has 0 saturated heterocycles. The number of aromatic nitrogens is 3. The van der Waals surface area contributed by atoms with E-state index in [-0.39, 0.29) is 5.75 Å². The number of ether oxygens (including phenoxy) is 1. The van der Waals surface area contributed by atoms with E-state index in [2.05, 4.69) is 15.0 Å². The van der Waals surface area contributed by atoms with Gasteiger partial charge in [0.1, 0.15) is 17.8 Å². The van der Waals surface area contributed by atoms with E-state index in [1.165, 1.54) is 6.33 Å². The number of hydrogen-bond donors (Lipinski definition) is 1. The molecule has 0 fully saturated rings. The first kappa shape index (κ1) is 13.1. The molecule has 0 radical (unpaired) electrons. The molecule has 0 spiro atoms. The normalized spacial score (nSPS) is 10.3. The minimum absolute atomic E-state index is 0.211. The van der Waals surface area contributed by atoms with Crippen LogP contribution in [-0.4, -0.2) is 27.2 Å². The summed E-state index contributed by atoms with van der Waals surface area (Å²) in [5.41, 5.74) is 1.71. The molecule has 0 aliphatic rings. The summed E-state index contributed by atoms with van der Waals surface area (Å²) in [5.74, 6) is 2.15. The van der Waals surface area contributed by atoms with Crippen LogP contribution in [0.25, 0.3) is 22.8 Å². The van der Waals surface area contributed by atoms with Gasteiger partial charge in [-0.05, 0) is 48.5 Å². The molecule has 0 amide bonds. The molecular weight excluding hydrogens is 266 g/mol. The molecule has 0 aliphatic heterocycles. The Bertz CT molecular complexity index is 740. The smallest absolute Gasteiger partial charge is 0.163 e. The van der Waals surface area contributed by atoms with Crippen LogP contribution in [0.3, 0.4) is 0 Å². The van der Waals surface area contributed by atoms with Crippen molar-refractivity contribution in [3.8, 4) is 34.3 Å². The standard InChI is InChI=1S/C16H13N3O2/c1-21-14-8-4-12(5-9-14)16-18-10-17-15(19-16)11-2-6-13(20)7-3-11/h2-10,20H,1H3. The zero-order valence-electron chi connectivity index (χ0n) is 11.4. The fourth-order valence-electron chi connectivity index (χ4n) is 1.93. The van der Waals surface area contributed by atoms with Crippen molar-refractivity contribution >= 4 is 0 Å². The van der Waals surface area contributed by atoms with Crippen LogP contribution < -0.4 is 4.74 Å². The topological polar surface area (TPSA) is 68.1 Å². The average molecular weight is 279 g/mol. The lowest BCUT2D eigenvalue weighted by Gasteiger charge is -2.04. The Morgan fingerprint density at radius 3 is 1.86 bits per heavy atom. The van der Waals surface area contributed by atoms with E-state index in [1.807, 2.05) is 24.3 Å². The molecule has 1 aromatic heterocycles. The van der Waals surface area contributed by atoms with Crippen molar-refractivity contribution in [2.24, 2.45) is 0 Å². The highest BCUT2D eigenvalue weighted by Crippen LogP contribution is 2.22. The van der Waals surface area contributed by atoms with Crippen LogP contribution in [-0.2, 0) is 0 Å². The molecule has 3 aromatic rings. The van der Waals surface area contributed by atoms with E-state index in [1.54, 1.807) is 31.4 Å². The number of hydrogen-bond acceptors (Lipinski definition) is 5. The number of phenolic OH excluding ortho intramolecular Hbond substituents is 1. The summed E-state index contributed by atoms with van der Waals surface area (Å²) in [4.78, 5) is 12.8. The molecule has 5 nitrogen and oxygen atoms in total. The van der Waals surface area contributed by atoms with Gasteiger partial charge >= 0.3 is 0 Å². The van der Waals surface area contributed by atoms with Crippen LogP contribution >= 0.6 is 0 Å². The van der Waals surface area contributed by atoms with E-state index >= 15 is 0 Å². The molecule has 0 aliphatic carbocycles. The maximum atomic E-state index is 9.32. The highest BCUT2D eigenvalue weighted by Gasteiger charge is 2.06. The summed E-state index contributed by atoms with van der Waals surface area (Å²) in [5, 5.41) is 9.32. The lowest BCUT2D eigenvalue weighted by molar-refractivity contribution is 0.415. The van der Waals surface area contributed by atoms with Gasteiger partial charge in [0.15, 0.2) is 11.6 Å². The molecule has 0 bridgehead atoms. The largest absolute Gasteiger partial charge is 0.508 e. The Balaban J connectivity index is 1.97. The third-order valence-corrected chi connectivity index (χ3v) is 3.05. The maximum absolute atomic E-state index is 9.32. The number of nitrogens with zero attached hydrogens (tertiary/aromatic N) is 3. The minimum atomic E-state index is 0.211. The van der Waals surface area contributed by atoms with Crippen molar-refractivity contribution in [3.63, 3.8) is 0 Å². The molecule has 104 valence electrons. The summed E-state index contributed by atoms with van der Waals surface area (Å²) in [6, 6.07) is 14.3. The average Bonchev–Trinajstić information content (AvgIpc) is 2.56. The Labute approximate surface area is 121 Å². The molecule has 21 heavy (non-hydrogen) atoms. The van der Waals surface area contributed by atoms with Crippen molar-refractivity contribution in [2.45, 2.75) is 0 Å². The Morgan fingerprint density at radius 2 is 1.33 bits per heavy atom. The zero-order chi connectivity index (χ0) is 14.7. The van der Waals surface area contributed by atoms with Gasteiger partial charge < -0.3 is 9.84 Å². The second kappa shape index (κ2) is 5.58. The predicted molar refractivity (Wildman–Crippen MR) is 78.9 cm³/mol. The zero-order valence-corrected chi connectivity index (χ0v) is 11.4. The van der Waals surface area contributed by atoms with Gasteiger partial charge in [-0.3, -0.25) is 0 Å². The molecule has 3 rings (SSSR count). The van der Waals surface area contributed by atoms with E-state index in [9.17, 15) is 5.11 Å². The van der Waals surface area contributed by atoms with Crippen molar-refractivity contribution in [1.29, 1.82) is 0 Å². The molecule has 5 heteroatoms. The highest BCUT2D eigenvalue weighted by molar-refractivity contribution is 5.61. The van der Waals surface area contributed by atoms with Gasteiger partial charge in [0.05, 0.1) is 7.11 Å². The number of phenols is 1. The molecule has 0 unspecified atom stereocenters. The van der Waals surface area contributed by atoms with Gasteiger partial charge in [0.2, 0.25) is 0 Å². The Kier molecular flexibility index (Phi) is 3.47. The predicted octanol–water partition coefficient (Wildman–Crippen LogP) is 2.92. The monoisotopic (exact) mass is 279 g/mol. The van der Waals surface area contributed by atoms with Crippen molar-refractivity contribution in [3.05, 3.63) is 54.9 Å². The summed E-state index contributed by atoms with van der Waals surface area (Å²) in [6.45, 7) is 0. The van der Waals surface area contributed by atoms with Crippen LogP contribution in [0.1, 0.15) is 0 Å². The summed E-state index contributed by atoms with van der Waals surface area (Å²) in [7, 11) is 1.63. The molecule has 0 saturated carbocycles. The van der Waals surface area contributed by atoms with Gasteiger partial charge in [0.25, 0.3) is 0 Å². The lowest BCUT2D eigenvalue weighted by Crippen LogP contribution is -1.95. The van der Waals surface area contributed by atoms with Gasteiger partial charge in [-0.25, -0.2) is 15.0 Å². The van der Waals surface area contributed by atoms with Crippen LogP contribution in [0.15, 0.2) is 54.9 Å². The van der Waals surface area contributed by atoms with E-state index < -0.39 is 0 Å². The molecule has 1 heterocycles. The third kappa shape index (κ3) is 2.81. The maximum Gasteiger partial charge on any atom is 0.163 e. The Hall–Kier alpha value is -2.95. The van der Waals surface area contributed by atoms with Crippen molar-refractivity contribution < 1.29 is 9.84 Å². The second-order valence-corrected chi connectivity index (χ2v) is 4.41. The molecule has 1 N–H and O–H groups in total. The molecular formula is C16H13N3O2. The molecule has 2 aromatic carbocycles. The first-order valence-electron chi connectivity index (χ1n) is 6.39. The SMILES string of the molecule is COc1ccc(-c2ncnc(-c3ccc(O)cc3)n2)cc1. The van der Waals surface area contributed by atoms with Gasteiger partial charge in [-0.1, -0.05) is 0 Å². The van der Waals surface area contributed by atoms with Crippen LogP contribution in [0.4, 0.5) is 0 Å². The fourth-order valence-corrected chi connectivity index (χ4v) is 1.93. The van der Waals surface area contributed by atoms with Crippen LogP contribution in [0.5, 0.6) is 11.5 Å². The third-order valence-electron chi connectivity index (χ3n) is 3.05. The van der Waals surface area contributed by atoms with Crippen molar-refractivity contribution in [1.82, 2.24) is 15.0 Å². The van der Waals surface area contributed by atoms with Crippen LogP contribution in [0.2, 0.25) is 0 Å². The van der Waals surface area contributed by atoms with E-state index in [0.29, 0.717) is 11.6 Å². The van der Waals surface area contributed by atoms with Crippen molar-refractivity contribution in [2.75, 3.05) is 7.11 Å². The number of methoxy groups -OCH3 is 1. The first-order valence-corrected chi connectivity index (χ1v) is 6.39. The van der Waals surface area contributed by atoms with Gasteiger partial charge in [-0.15, -0.1) is 0 Å². The van der Waals surface area contributed by atoms with Gasteiger partial charge in [-0.2, -0.15) is 0 Å². The van der Waals surface area contributed by atoms with E-state index in [4.69, 9.17) is 4.74 Å². The quantitative estimate of drug-likeness (QED) is 0.798. The van der Waals surface area contributed by atoms with E-state index in [0.717, 1.165) is 16.9 Å². The minimum Gasteiger partial charge on any atom is -0.508 e. The number of aromatic hydroxyl groups is 1. The van der Waals surface area contributed by atoms with Crippen LogP contribution in [0, 0.1) is 0 Å². The first-order chi connectivity index (χ1) is 10.3. The second-order valence-electron chi connectivity index (χ2n) is 4.41. The number of rotatable bonds is 3.